The highest BCUT2D eigenvalue weighted by Gasteiger charge is 2.26. The van der Waals surface area contributed by atoms with E-state index in [0.29, 0.717) is 0 Å². The van der Waals surface area contributed by atoms with Gasteiger partial charge in [-0.05, 0) is 36.1 Å². The Hall–Kier alpha value is -1.66. The third-order valence-corrected chi connectivity index (χ3v) is 8.05. The van der Waals surface area contributed by atoms with E-state index in [0.717, 1.165) is 0 Å². The zero-order valence-corrected chi connectivity index (χ0v) is 15.4. The summed E-state index contributed by atoms with van der Waals surface area (Å²) >= 11 is 0. The molecule has 0 aliphatic rings. The molecule has 2 rings (SSSR count). The maximum absolute atomic E-state index is 12.4. The van der Waals surface area contributed by atoms with Crippen LogP contribution in [0.3, 0.4) is 0 Å². The molecule has 0 amide bonds. The Labute approximate surface area is 144 Å². The average Bonchev–Trinajstić information content (AvgIpc) is 2.55. The topological polar surface area (TPSA) is 68.3 Å². The van der Waals surface area contributed by atoms with Crippen LogP contribution in [0.2, 0.25) is 0 Å². The number of hydrogen-bond donors (Lipinski definition) is 0. The summed E-state index contributed by atoms with van der Waals surface area (Å²) in [4.78, 5) is 0.546. The van der Waals surface area contributed by atoms with Crippen molar-refractivity contribution < 1.29 is 16.8 Å². The van der Waals surface area contributed by atoms with E-state index < -0.39 is 19.7 Å². The zero-order valence-electron chi connectivity index (χ0n) is 13.8. The van der Waals surface area contributed by atoms with Gasteiger partial charge in [-0.15, -0.1) is 0 Å². The van der Waals surface area contributed by atoms with Gasteiger partial charge < -0.3 is 0 Å². The Morgan fingerprint density at radius 1 is 0.625 bits per heavy atom. The standard InChI is InChI=1S/C18H22O4S2/c1-15(13-23(19,20)17-9-5-3-6-10-17)16(2)14-24(21,22)18-11-7-4-8-12-18/h3-12,15-16H,13-14H2,1-2H3/t15-,16+. The lowest BCUT2D eigenvalue weighted by molar-refractivity contribution is 0.448. The van der Waals surface area contributed by atoms with E-state index in [9.17, 15) is 16.8 Å². The minimum absolute atomic E-state index is 0.0670. The normalized spacial score (nSPS) is 14.9. The molecule has 0 aliphatic carbocycles. The van der Waals surface area contributed by atoms with Gasteiger partial charge in [-0.1, -0.05) is 50.2 Å². The van der Waals surface area contributed by atoms with Gasteiger partial charge in [-0.25, -0.2) is 16.8 Å². The molecule has 0 fully saturated rings. The van der Waals surface area contributed by atoms with Crippen molar-refractivity contribution in [2.75, 3.05) is 11.5 Å². The van der Waals surface area contributed by atoms with Crippen molar-refractivity contribution in [1.82, 2.24) is 0 Å². The maximum atomic E-state index is 12.4. The van der Waals surface area contributed by atoms with Crippen LogP contribution >= 0.6 is 0 Å². The minimum atomic E-state index is -3.42. The number of rotatable bonds is 7. The molecule has 0 N–H and O–H groups in total. The Morgan fingerprint density at radius 2 is 0.917 bits per heavy atom. The van der Waals surface area contributed by atoms with Crippen LogP contribution in [0.5, 0.6) is 0 Å². The molecule has 2 aromatic carbocycles. The molecule has 0 heterocycles. The molecule has 4 nitrogen and oxygen atoms in total. The SMILES string of the molecule is C[C@H](CS(=O)(=O)c1ccccc1)[C@@H](C)CS(=O)(=O)c1ccccc1. The van der Waals surface area contributed by atoms with E-state index in [1.54, 1.807) is 74.5 Å². The van der Waals surface area contributed by atoms with Gasteiger partial charge >= 0.3 is 0 Å². The molecule has 0 aliphatic heterocycles. The highest BCUT2D eigenvalue weighted by atomic mass is 32.2. The molecule has 0 saturated carbocycles. The van der Waals surface area contributed by atoms with Gasteiger partial charge in [0.05, 0.1) is 21.3 Å². The molecular formula is C18H22O4S2. The van der Waals surface area contributed by atoms with Crippen LogP contribution in [0.1, 0.15) is 13.8 Å². The van der Waals surface area contributed by atoms with Gasteiger partial charge in [0.25, 0.3) is 0 Å². The monoisotopic (exact) mass is 366 g/mol. The second kappa shape index (κ2) is 7.49. The summed E-state index contributed by atoms with van der Waals surface area (Å²) in [5.41, 5.74) is 0. The van der Waals surface area contributed by atoms with Gasteiger partial charge in [0.1, 0.15) is 0 Å². The summed E-state index contributed by atoms with van der Waals surface area (Å²) in [5.74, 6) is -0.673. The molecule has 0 saturated heterocycles. The maximum Gasteiger partial charge on any atom is 0.178 e. The molecule has 2 aromatic rings. The van der Waals surface area contributed by atoms with Crippen molar-refractivity contribution >= 4 is 19.7 Å². The van der Waals surface area contributed by atoms with E-state index in [1.165, 1.54) is 0 Å². The Kier molecular flexibility index (Phi) is 5.83. The summed E-state index contributed by atoms with van der Waals surface area (Å²) in [7, 11) is -6.84. The predicted octanol–water partition coefficient (Wildman–Crippen LogP) is 3.21. The first-order valence-electron chi connectivity index (χ1n) is 7.78. The van der Waals surface area contributed by atoms with Gasteiger partial charge in [0.2, 0.25) is 0 Å². The molecule has 0 aromatic heterocycles. The van der Waals surface area contributed by atoms with Crippen LogP contribution in [-0.2, 0) is 19.7 Å². The fourth-order valence-electron chi connectivity index (χ4n) is 2.47. The van der Waals surface area contributed by atoms with E-state index in [1.807, 2.05) is 0 Å². The lowest BCUT2D eigenvalue weighted by Gasteiger charge is -2.20. The lowest BCUT2D eigenvalue weighted by Crippen LogP contribution is -2.25. The van der Waals surface area contributed by atoms with Gasteiger partial charge in [-0.2, -0.15) is 0 Å². The fourth-order valence-corrected chi connectivity index (χ4v) is 6.04. The smallest absolute Gasteiger partial charge is 0.178 e. The molecule has 0 spiro atoms. The van der Waals surface area contributed by atoms with Gasteiger partial charge in [-0.3, -0.25) is 0 Å². The van der Waals surface area contributed by atoms with E-state index in [4.69, 9.17) is 0 Å². The third kappa shape index (κ3) is 4.68. The zero-order chi connectivity index (χ0) is 17.8. The molecule has 130 valence electrons. The minimum Gasteiger partial charge on any atom is -0.224 e. The molecule has 0 bridgehead atoms. The average molecular weight is 367 g/mol. The van der Waals surface area contributed by atoms with Crippen LogP contribution in [0.4, 0.5) is 0 Å². The van der Waals surface area contributed by atoms with Crippen LogP contribution in [-0.4, -0.2) is 28.3 Å². The largest absolute Gasteiger partial charge is 0.224 e. The number of sulfone groups is 2. The van der Waals surface area contributed by atoms with Crippen LogP contribution < -0.4 is 0 Å². The molecule has 2 atom stereocenters. The van der Waals surface area contributed by atoms with E-state index >= 15 is 0 Å². The van der Waals surface area contributed by atoms with Crippen molar-refractivity contribution in [3.05, 3.63) is 60.7 Å². The quantitative estimate of drug-likeness (QED) is 0.754. The van der Waals surface area contributed by atoms with E-state index in [2.05, 4.69) is 0 Å². The Balaban J connectivity index is 2.09. The van der Waals surface area contributed by atoms with E-state index in [-0.39, 0.29) is 33.1 Å². The molecule has 24 heavy (non-hydrogen) atoms. The molecule has 0 radical (unpaired) electrons. The van der Waals surface area contributed by atoms with Crippen molar-refractivity contribution in [2.45, 2.75) is 23.6 Å². The first-order valence-corrected chi connectivity index (χ1v) is 11.1. The third-order valence-electron chi connectivity index (χ3n) is 4.14. The molecule has 0 unspecified atom stereocenters. The van der Waals surface area contributed by atoms with Crippen LogP contribution in [0, 0.1) is 11.8 Å². The number of hydrogen-bond acceptors (Lipinski definition) is 4. The summed E-state index contributed by atoms with van der Waals surface area (Å²) in [6.07, 6.45) is 0. The highest BCUT2D eigenvalue weighted by molar-refractivity contribution is 7.91. The van der Waals surface area contributed by atoms with Crippen molar-refractivity contribution in [1.29, 1.82) is 0 Å². The fraction of sp³-hybridized carbons (Fsp3) is 0.333. The molecular weight excluding hydrogens is 344 g/mol. The first-order chi connectivity index (χ1) is 11.2. The van der Waals surface area contributed by atoms with Crippen molar-refractivity contribution in [3.8, 4) is 0 Å². The second-order valence-electron chi connectivity index (χ2n) is 6.14. The Morgan fingerprint density at radius 3 is 1.21 bits per heavy atom. The number of benzene rings is 2. The van der Waals surface area contributed by atoms with Gasteiger partial charge in [0.15, 0.2) is 19.7 Å². The van der Waals surface area contributed by atoms with Crippen LogP contribution in [0.15, 0.2) is 70.5 Å². The second-order valence-corrected chi connectivity index (χ2v) is 10.2. The van der Waals surface area contributed by atoms with Crippen molar-refractivity contribution in [3.63, 3.8) is 0 Å². The predicted molar refractivity (Wildman–Crippen MR) is 95.3 cm³/mol. The summed E-state index contributed by atoms with van der Waals surface area (Å²) < 4.78 is 49.7. The molecule has 6 heteroatoms. The summed E-state index contributed by atoms with van der Waals surface area (Å²) in [6.45, 7) is 3.57. The Bertz CT molecular complexity index is 782. The highest BCUT2D eigenvalue weighted by Crippen LogP contribution is 2.22. The van der Waals surface area contributed by atoms with Gasteiger partial charge in [0, 0.05) is 0 Å². The first kappa shape index (κ1) is 18.7. The lowest BCUT2D eigenvalue weighted by atomic mass is 10.0. The van der Waals surface area contributed by atoms with Crippen molar-refractivity contribution in [2.24, 2.45) is 11.8 Å². The van der Waals surface area contributed by atoms with Crippen LogP contribution in [0.25, 0.3) is 0 Å². The summed E-state index contributed by atoms with van der Waals surface area (Å²) in [5, 5.41) is 0. The summed E-state index contributed by atoms with van der Waals surface area (Å²) in [6, 6.07) is 16.5.